The monoisotopic (exact) mass is 859 g/mol. The summed E-state index contributed by atoms with van der Waals surface area (Å²) in [4.78, 5) is 95.2. The summed E-state index contributed by atoms with van der Waals surface area (Å²) in [5, 5.41) is 21.5. The number of fused-ring (bicyclic) bond motifs is 1. The Morgan fingerprint density at radius 1 is 1.05 bits per heavy atom. The number of amides is 6. The van der Waals surface area contributed by atoms with Crippen LogP contribution in [0.3, 0.4) is 0 Å². The van der Waals surface area contributed by atoms with Crippen LogP contribution in [0.1, 0.15) is 63.4 Å². The number of ether oxygens (including phenoxy) is 1. The van der Waals surface area contributed by atoms with E-state index in [-0.39, 0.29) is 57.9 Å². The van der Waals surface area contributed by atoms with Gasteiger partial charge in [0.1, 0.15) is 6.04 Å². The largest absolute Gasteiger partial charge is 0.478 e. The third kappa shape index (κ3) is 10.1. The number of carbonyl (C=O) groups excluding carboxylic acids is 6. The smallest absolute Gasteiger partial charge is 0.324 e. The third-order valence-electron chi connectivity index (χ3n) is 9.13. The van der Waals surface area contributed by atoms with Gasteiger partial charge in [0.05, 0.1) is 39.9 Å². The number of piperidine rings is 1. The van der Waals surface area contributed by atoms with E-state index < -0.39 is 50.5 Å². The van der Waals surface area contributed by atoms with Gasteiger partial charge in [-0.25, -0.2) is 18.4 Å². The fraction of sp³-hybridized carbons (Fsp3) is 0.263. The number of thiophene rings is 1. The molecule has 5 N–H and O–H groups in total. The summed E-state index contributed by atoms with van der Waals surface area (Å²) in [6.07, 6.45) is 5.52. The van der Waals surface area contributed by atoms with Gasteiger partial charge in [-0.1, -0.05) is 17.4 Å². The molecular formula is C38H37N9O11S2. The maximum atomic E-state index is 13.3. The predicted octanol–water partition coefficient (Wildman–Crippen LogP) is 3.25. The number of aryl methyl sites for hydroxylation is 1. The summed E-state index contributed by atoms with van der Waals surface area (Å²) < 4.78 is 33.9. The van der Waals surface area contributed by atoms with Crippen molar-refractivity contribution in [2.45, 2.75) is 49.5 Å². The fourth-order valence-electron chi connectivity index (χ4n) is 6.23. The Morgan fingerprint density at radius 3 is 2.55 bits per heavy atom. The number of hydrogen-bond donors (Lipinski definition) is 5. The highest BCUT2D eigenvalue weighted by Gasteiger charge is 2.45. The lowest BCUT2D eigenvalue weighted by atomic mass is 10.0. The molecule has 312 valence electrons. The Morgan fingerprint density at radius 2 is 1.83 bits per heavy atom. The number of sulfonamides is 1. The van der Waals surface area contributed by atoms with Crippen LogP contribution in [0.2, 0.25) is 0 Å². The third-order valence-corrected chi connectivity index (χ3v) is 11.5. The topological polar surface area (TPSA) is 278 Å². The number of aromatic nitrogens is 2. The van der Waals surface area contributed by atoms with Crippen LogP contribution in [0.25, 0.3) is 6.08 Å². The lowest BCUT2D eigenvalue weighted by Crippen LogP contribution is -2.54. The summed E-state index contributed by atoms with van der Waals surface area (Å²) in [6.45, 7) is 0.627. The number of anilines is 3. The second-order valence-corrected chi connectivity index (χ2v) is 16.0. The molecule has 2 aromatic carbocycles. The Hall–Kier alpha value is -7.07. The lowest BCUT2D eigenvalue weighted by Gasteiger charge is -2.27. The molecule has 20 nitrogen and oxygen atoms in total. The molecule has 4 heterocycles. The van der Waals surface area contributed by atoms with Gasteiger partial charge in [0.2, 0.25) is 29.4 Å². The second kappa shape index (κ2) is 18.7. The molecule has 0 spiro atoms. The van der Waals surface area contributed by atoms with Crippen molar-refractivity contribution >= 4 is 85.1 Å². The van der Waals surface area contributed by atoms with E-state index in [1.54, 1.807) is 12.1 Å². The summed E-state index contributed by atoms with van der Waals surface area (Å²) in [7, 11) is -2.84. The number of benzene rings is 2. The number of nitrogens with one attached hydrogen (secondary N) is 5. The highest BCUT2D eigenvalue weighted by molar-refractivity contribution is 7.92. The van der Waals surface area contributed by atoms with E-state index in [9.17, 15) is 47.3 Å². The van der Waals surface area contributed by atoms with E-state index in [4.69, 9.17) is 4.74 Å². The summed E-state index contributed by atoms with van der Waals surface area (Å²) in [5.41, 5.74) is 1.48. The summed E-state index contributed by atoms with van der Waals surface area (Å²) in [5.74, 6) is -3.35. The van der Waals surface area contributed by atoms with Crippen molar-refractivity contribution in [1.82, 2.24) is 25.5 Å². The molecule has 6 amide bonds. The Bertz CT molecular complexity index is 2510. The molecule has 2 aromatic heterocycles. The first kappa shape index (κ1) is 42.5. The fourth-order valence-corrected chi connectivity index (χ4v) is 7.97. The zero-order chi connectivity index (χ0) is 43.0. The zero-order valence-electron chi connectivity index (χ0n) is 31.8. The Balaban J connectivity index is 0.920. The van der Waals surface area contributed by atoms with Crippen molar-refractivity contribution in [2.24, 2.45) is 0 Å². The minimum atomic E-state index is -4.15. The molecule has 4 aromatic rings. The van der Waals surface area contributed by atoms with Gasteiger partial charge in [0.25, 0.3) is 27.7 Å². The number of nitrogens with zero attached hydrogens (tertiary/aromatic N) is 4. The molecule has 0 saturated carbocycles. The van der Waals surface area contributed by atoms with Crippen molar-refractivity contribution in [3.63, 3.8) is 0 Å². The molecular weight excluding hydrogens is 823 g/mol. The standard InChI is InChI=1S/C38H37N9O11S2/c1-58-36-34(45-60(56,57)25-13-9-22(10-14-25)42-30(49)16-11-24-12-18-32(59-24)47(54)55)41-21-23(43-36)5-3-20-40-29(48)8-4-19-39-27-7-2-6-26-33(27)38(53)46(37(26)52)28-15-17-31(50)44-35(28)51/h2,6-7,9-14,16,18,21,28,39H,3-5,8,15,17,19-20H2,1H3,(H,40,48)(H,41,45)(H,42,49)(H,44,50,51)/b16-11+. The Kier molecular flexibility index (Phi) is 13.2. The van der Waals surface area contributed by atoms with Gasteiger partial charge < -0.3 is 20.7 Å². The van der Waals surface area contributed by atoms with Crippen LogP contribution in [0, 0.1) is 10.1 Å². The van der Waals surface area contributed by atoms with Crippen LogP contribution < -0.4 is 30.7 Å². The maximum Gasteiger partial charge on any atom is 0.324 e. The van der Waals surface area contributed by atoms with Crippen molar-refractivity contribution in [1.29, 1.82) is 0 Å². The van der Waals surface area contributed by atoms with Crippen LogP contribution in [0.15, 0.2) is 71.8 Å². The molecule has 0 bridgehead atoms. The maximum absolute atomic E-state index is 13.3. The van der Waals surface area contributed by atoms with E-state index in [1.165, 1.54) is 67.9 Å². The molecule has 1 fully saturated rings. The second-order valence-electron chi connectivity index (χ2n) is 13.3. The summed E-state index contributed by atoms with van der Waals surface area (Å²) >= 11 is 0.912. The van der Waals surface area contributed by atoms with Gasteiger partial charge in [-0.15, -0.1) is 0 Å². The normalized spacial score (nSPS) is 15.1. The highest BCUT2D eigenvalue weighted by Crippen LogP contribution is 2.32. The van der Waals surface area contributed by atoms with E-state index in [1.807, 2.05) is 0 Å². The average molecular weight is 860 g/mol. The summed E-state index contributed by atoms with van der Waals surface area (Å²) in [6, 6.07) is 11.9. The van der Waals surface area contributed by atoms with Crippen molar-refractivity contribution in [2.75, 3.05) is 35.6 Å². The molecule has 2 aliphatic rings. The molecule has 1 saturated heterocycles. The SMILES string of the molecule is COc1nc(CCCNC(=O)CCCNc2cccc3c2C(=O)N(C2CCC(=O)NC2=O)C3=O)cnc1NS(=O)(=O)c1ccc(NC(=O)/C=C/c2ccc([N+](=O)[O-])s2)cc1. The van der Waals surface area contributed by atoms with Gasteiger partial charge in [0.15, 0.2) is 0 Å². The molecule has 6 rings (SSSR count). The van der Waals surface area contributed by atoms with Gasteiger partial charge in [0, 0.05) is 54.3 Å². The van der Waals surface area contributed by atoms with E-state index in [2.05, 4.69) is 36.0 Å². The molecule has 60 heavy (non-hydrogen) atoms. The van der Waals surface area contributed by atoms with Crippen molar-refractivity contribution < 1.29 is 46.8 Å². The number of imide groups is 2. The molecule has 1 unspecified atom stereocenters. The van der Waals surface area contributed by atoms with Gasteiger partial charge in [-0.3, -0.25) is 53.8 Å². The number of rotatable bonds is 18. The van der Waals surface area contributed by atoms with E-state index in [0.29, 0.717) is 54.3 Å². The number of nitro groups is 1. The minimum absolute atomic E-state index is 0.0164. The average Bonchev–Trinajstić information content (AvgIpc) is 3.80. The molecule has 2 aliphatic heterocycles. The van der Waals surface area contributed by atoms with Gasteiger partial charge in [-0.2, -0.15) is 0 Å². The van der Waals surface area contributed by atoms with Crippen LogP contribution in [-0.2, 0) is 35.6 Å². The first-order valence-electron chi connectivity index (χ1n) is 18.4. The van der Waals surface area contributed by atoms with Gasteiger partial charge >= 0.3 is 5.00 Å². The van der Waals surface area contributed by atoms with Crippen LogP contribution >= 0.6 is 11.3 Å². The number of hydrogen-bond acceptors (Lipinski definition) is 15. The van der Waals surface area contributed by atoms with Crippen LogP contribution in [-0.4, -0.2) is 89.9 Å². The molecule has 22 heteroatoms. The highest BCUT2D eigenvalue weighted by atomic mass is 32.2. The van der Waals surface area contributed by atoms with Crippen molar-refractivity contribution in [3.8, 4) is 5.88 Å². The predicted molar refractivity (Wildman–Crippen MR) is 217 cm³/mol. The van der Waals surface area contributed by atoms with E-state index in [0.717, 1.165) is 16.2 Å². The molecule has 1 atom stereocenters. The number of methoxy groups -OCH3 is 1. The minimum Gasteiger partial charge on any atom is -0.478 e. The van der Waals surface area contributed by atoms with Crippen molar-refractivity contribution in [3.05, 3.63) is 98.7 Å². The number of carbonyl (C=O) groups is 6. The van der Waals surface area contributed by atoms with E-state index >= 15 is 0 Å². The molecule has 0 radical (unpaired) electrons. The van der Waals surface area contributed by atoms with Crippen LogP contribution in [0.4, 0.5) is 22.2 Å². The quantitative estimate of drug-likeness (QED) is 0.0316. The van der Waals surface area contributed by atoms with Gasteiger partial charge in [-0.05, 0) is 74.2 Å². The zero-order valence-corrected chi connectivity index (χ0v) is 33.4. The molecule has 0 aliphatic carbocycles. The Labute approximate surface area is 346 Å². The van der Waals surface area contributed by atoms with Crippen LogP contribution in [0.5, 0.6) is 5.88 Å². The lowest BCUT2D eigenvalue weighted by molar-refractivity contribution is -0.380. The first-order chi connectivity index (χ1) is 28.7. The first-order valence-corrected chi connectivity index (χ1v) is 20.6.